The van der Waals surface area contributed by atoms with E-state index in [2.05, 4.69) is 274 Å². The van der Waals surface area contributed by atoms with Crippen molar-refractivity contribution < 1.29 is 0 Å². The molecule has 0 bridgehead atoms. The van der Waals surface area contributed by atoms with Gasteiger partial charge in [0.2, 0.25) is 0 Å². The first kappa shape index (κ1) is 50.2. The molecule has 2 atom stereocenters. The van der Waals surface area contributed by atoms with Gasteiger partial charge in [-0.15, -0.1) is 33.7 Å². The quantitative estimate of drug-likeness (QED) is 0.105. The third-order valence-corrected chi connectivity index (χ3v) is 13.7. The minimum atomic E-state index is 0.745. The van der Waals surface area contributed by atoms with Gasteiger partial charge in [0, 0.05) is 0 Å². The smallest absolute Gasteiger partial charge is 0.0746 e. The predicted molar refractivity (Wildman–Crippen MR) is 325 cm³/mol. The largest absolute Gasteiger partial charge is 0.183 e. The van der Waals surface area contributed by atoms with Crippen LogP contribution in [0.25, 0.3) is 86.2 Å². The molecule has 360 valence electrons. The van der Waals surface area contributed by atoms with E-state index in [1.54, 1.807) is 18.1 Å². The third kappa shape index (κ3) is 12.3. The Bertz CT molecular complexity index is 3080. The molecule has 0 spiro atoms. The van der Waals surface area contributed by atoms with E-state index in [0.29, 0.717) is 0 Å². The van der Waals surface area contributed by atoms with Crippen molar-refractivity contribution in [3.63, 3.8) is 0 Å². The molecule has 74 heavy (non-hydrogen) atoms. The van der Waals surface area contributed by atoms with Gasteiger partial charge in [-0.2, -0.15) is 48.5 Å². The molecule has 0 nitrogen and oxygen atoms in total. The highest BCUT2D eigenvalue weighted by Gasteiger charge is 2.25. The van der Waals surface area contributed by atoms with Crippen molar-refractivity contribution >= 4 is 86.2 Å². The topological polar surface area (TPSA) is 0 Å². The number of allylic oxidation sites excluding steroid dienone is 4. The molecule has 0 radical (unpaired) electrons. The summed E-state index contributed by atoms with van der Waals surface area (Å²) >= 11 is 0. The van der Waals surface area contributed by atoms with Crippen LogP contribution in [0.4, 0.5) is 0 Å². The summed E-state index contributed by atoms with van der Waals surface area (Å²) in [5.74, 6) is 1.49. The van der Waals surface area contributed by atoms with E-state index < -0.39 is 0 Å². The van der Waals surface area contributed by atoms with Crippen LogP contribution < -0.4 is 0 Å². The van der Waals surface area contributed by atoms with Crippen molar-refractivity contribution in [3.8, 4) is 0 Å². The first-order valence-electron chi connectivity index (χ1n) is 26.1. The zero-order valence-corrected chi connectivity index (χ0v) is 42.8. The minimum absolute atomic E-state index is 0.745. The van der Waals surface area contributed by atoms with E-state index >= 15 is 0 Å². The lowest BCUT2D eigenvalue weighted by atomic mass is 9.74. The van der Waals surface area contributed by atoms with Crippen molar-refractivity contribution in [2.75, 3.05) is 0 Å². The van der Waals surface area contributed by atoms with Crippen molar-refractivity contribution in [3.05, 3.63) is 309 Å². The summed E-state index contributed by atoms with van der Waals surface area (Å²) in [7, 11) is 0. The van der Waals surface area contributed by atoms with Crippen molar-refractivity contribution in [2.24, 2.45) is 11.8 Å². The summed E-state index contributed by atoms with van der Waals surface area (Å²) in [4.78, 5) is 0. The molecule has 0 amide bonds. The molecule has 15 rings (SSSR count). The zero-order valence-electron chi connectivity index (χ0n) is 42.8. The van der Waals surface area contributed by atoms with Crippen molar-refractivity contribution in [1.29, 1.82) is 0 Å². The van der Waals surface area contributed by atoms with Crippen LogP contribution in [0.5, 0.6) is 0 Å². The van der Waals surface area contributed by atoms with Gasteiger partial charge in [-0.3, -0.25) is 0 Å². The first-order chi connectivity index (χ1) is 36.7. The van der Waals surface area contributed by atoms with E-state index in [1.807, 2.05) is 38.1 Å². The summed E-state index contributed by atoms with van der Waals surface area (Å²) in [5.41, 5.74) is 3.10. The maximum atomic E-state index is 3.25. The molecule has 0 fully saturated rings. The highest BCUT2D eigenvalue weighted by atomic mass is 14.3. The monoisotopic (exact) mass is 951 g/mol. The molecule has 2 unspecified atom stereocenters. The molecule has 0 heterocycles. The Morgan fingerprint density at radius 3 is 0.730 bits per heavy atom. The molecule has 13 aromatic carbocycles. The Morgan fingerprint density at radius 1 is 0.284 bits per heavy atom. The van der Waals surface area contributed by atoms with E-state index in [9.17, 15) is 0 Å². The second-order valence-electron chi connectivity index (χ2n) is 18.3. The van der Waals surface area contributed by atoms with Crippen molar-refractivity contribution in [2.45, 2.75) is 33.6 Å². The van der Waals surface area contributed by atoms with Crippen LogP contribution in [0.3, 0.4) is 0 Å². The Kier molecular flexibility index (Phi) is 17.0. The molecule has 0 aliphatic heterocycles. The highest BCUT2D eigenvalue weighted by Crippen LogP contribution is 2.34. The summed E-state index contributed by atoms with van der Waals surface area (Å²) in [6.07, 6.45) is 11.6. The lowest BCUT2D eigenvalue weighted by Gasteiger charge is -2.30. The van der Waals surface area contributed by atoms with Gasteiger partial charge in [0.15, 0.2) is 0 Å². The lowest BCUT2D eigenvalue weighted by molar-refractivity contribution is 0.437. The third-order valence-electron chi connectivity index (χ3n) is 13.7. The van der Waals surface area contributed by atoms with Crippen molar-refractivity contribution in [1.82, 2.24) is 0 Å². The normalized spacial score (nSPS) is 13.7. The van der Waals surface area contributed by atoms with Gasteiger partial charge in [-0.1, -0.05) is 220 Å². The van der Waals surface area contributed by atoms with Gasteiger partial charge in [0.1, 0.15) is 0 Å². The minimum Gasteiger partial charge on any atom is -0.183 e. The Hall–Kier alpha value is -8.71. The van der Waals surface area contributed by atoms with E-state index in [4.69, 9.17) is 0 Å². The summed E-state index contributed by atoms with van der Waals surface area (Å²) < 4.78 is 0. The summed E-state index contributed by atoms with van der Waals surface area (Å²) in [6, 6.07) is 95.8. The fraction of sp³-hybridized carbons (Fsp3) is 0.0946. The number of benzene rings is 13. The molecule has 13 aromatic rings. The first-order valence-corrected chi connectivity index (χ1v) is 26.1. The fourth-order valence-electron chi connectivity index (χ4n) is 10.0. The molecule has 2 aliphatic carbocycles. The molecule has 0 heteroatoms. The number of fused-ring (bicyclic) bond motifs is 10. The van der Waals surface area contributed by atoms with Gasteiger partial charge in [0.05, 0.1) is 13.8 Å². The van der Waals surface area contributed by atoms with Crippen LogP contribution in [0.2, 0.25) is 0 Å². The molecule has 0 saturated carbocycles. The Labute approximate surface area is 438 Å². The number of hydrogen-bond acceptors (Lipinski definition) is 0. The second-order valence-corrected chi connectivity index (χ2v) is 18.3. The predicted octanol–water partition coefficient (Wildman–Crippen LogP) is 20.6. The Morgan fingerprint density at radius 2 is 0.486 bits per heavy atom. The second kappa shape index (κ2) is 25.1. The molecular weight excluding hydrogens is 889 g/mol. The summed E-state index contributed by atoms with van der Waals surface area (Å²) in [5, 5.41) is 20.7. The highest BCUT2D eigenvalue weighted by molar-refractivity contribution is 6.01. The fourth-order valence-corrected chi connectivity index (χ4v) is 10.0. The standard InChI is InChI=1S/C14H14.2C14H10.2C14H9.C2H6.C2H5/c5*1-2-6-12-10-14-8-4-3-7-13(14)9-11(12)5-1;2*1-2/h1-8,11-12H,9-10H2;2*1-10H;2*1-3,5-10H;1-2H3;1H2,2H3/q;;;2*-1;;+1. The van der Waals surface area contributed by atoms with Crippen LogP contribution in [0.15, 0.2) is 279 Å². The van der Waals surface area contributed by atoms with Gasteiger partial charge in [0.25, 0.3) is 0 Å². The van der Waals surface area contributed by atoms with Gasteiger partial charge < -0.3 is 0 Å². The zero-order chi connectivity index (χ0) is 50.9. The van der Waals surface area contributed by atoms with E-state index in [-0.39, 0.29) is 0 Å². The lowest BCUT2D eigenvalue weighted by Crippen LogP contribution is -2.23. The van der Waals surface area contributed by atoms with Gasteiger partial charge in [-0.05, 0) is 125 Å². The van der Waals surface area contributed by atoms with Crippen LogP contribution in [-0.2, 0) is 12.8 Å². The van der Waals surface area contributed by atoms with E-state index in [1.165, 1.54) is 99.0 Å². The van der Waals surface area contributed by atoms with Crippen LogP contribution in [0.1, 0.15) is 31.9 Å². The molecule has 0 N–H and O–H groups in total. The average Bonchev–Trinajstić information content (AvgIpc) is 3.48. The molecule has 2 aliphatic rings. The van der Waals surface area contributed by atoms with Crippen LogP contribution >= 0.6 is 0 Å². The molecule has 0 saturated heterocycles. The number of hydrogen-bond donors (Lipinski definition) is 0. The van der Waals surface area contributed by atoms with E-state index in [0.717, 1.165) is 11.8 Å². The Balaban J connectivity index is 0.000000112. The maximum Gasteiger partial charge on any atom is 0.0746 e. The van der Waals surface area contributed by atoms with Crippen LogP contribution in [-0.4, -0.2) is 0 Å². The van der Waals surface area contributed by atoms with Gasteiger partial charge in [-0.25, -0.2) is 0 Å². The SMILES string of the molecule is C1=CC2Cc3ccccc3CC2C=C1.CC.[CH2+]C.[c-]1ccc2cc3ccccc3cc2c1.[c-]1ccc2cc3ccccc3cc2c1.c1ccc2cc3ccccc3cc2c1.c1ccc2cc3ccccc3cc2c1. The molecular formula is C74H63-. The summed E-state index contributed by atoms with van der Waals surface area (Å²) in [6.45, 7) is 9.00. The maximum absolute atomic E-state index is 3.25. The number of rotatable bonds is 0. The average molecular weight is 952 g/mol. The molecule has 0 aromatic heterocycles. The van der Waals surface area contributed by atoms with Crippen LogP contribution in [0, 0.1) is 30.9 Å². The van der Waals surface area contributed by atoms with Gasteiger partial charge >= 0.3 is 0 Å².